The number of halogens is 1. The van der Waals surface area contributed by atoms with E-state index in [2.05, 4.69) is 4.98 Å². The van der Waals surface area contributed by atoms with Crippen molar-refractivity contribution in [1.29, 1.82) is 0 Å². The highest BCUT2D eigenvalue weighted by atomic mass is 35.5. The summed E-state index contributed by atoms with van der Waals surface area (Å²) in [5, 5.41) is 19.1. The molecule has 6 heteroatoms. The Balaban J connectivity index is 2.60. The Hall–Kier alpha value is -2.14. The summed E-state index contributed by atoms with van der Waals surface area (Å²) in [6.07, 6.45) is 5.71. The number of pyridine rings is 1. The number of aromatic nitrogens is 1. The van der Waals surface area contributed by atoms with E-state index in [1.807, 2.05) is 0 Å². The number of carboxylic acid groups (broad SMARTS) is 2. The number of aliphatic carboxylic acids is 2. The van der Waals surface area contributed by atoms with Crippen molar-refractivity contribution in [2.24, 2.45) is 5.92 Å². The molecule has 1 aromatic heterocycles. The molecule has 1 aliphatic carbocycles. The van der Waals surface area contributed by atoms with Crippen LogP contribution in [0.3, 0.4) is 0 Å². The topological polar surface area (TPSA) is 87.5 Å². The van der Waals surface area contributed by atoms with E-state index in [-0.39, 0.29) is 10.7 Å². The average molecular weight is 294 g/mol. The average Bonchev–Trinajstić information content (AvgIpc) is 2.39. The molecule has 20 heavy (non-hydrogen) atoms. The lowest BCUT2D eigenvalue weighted by atomic mass is 9.66. The molecule has 0 saturated carbocycles. The van der Waals surface area contributed by atoms with Crippen molar-refractivity contribution in [2.45, 2.75) is 12.3 Å². The molecular formula is C14H12ClNO4. The Kier molecular flexibility index (Phi) is 3.63. The second-order valence-electron chi connectivity index (χ2n) is 4.55. The Morgan fingerprint density at radius 3 is 2.55 bits per heavy atom. The summed E-state index contributed by atoms with van der Waals surface area (Å²) in [6, 6.07) is 3.04. The molecule has 2 unspecified atom stereocenters. The fourth-order valence-corrected chi connectivity index (χ4v) is 2.55. The van der Waals surface area contributed by atoms with Crippen LogP contribution in [-0.2, 0) is 15.0 Å². The highest BCUT2D eigenvalue weighted by Gasteiger charge is 2.47. The third-order valence-corrected chi connectivity index (χ3v) is 3.81. The Labute approximate surface area is 120 Å². The molecule has 0 spiro atoms. The number of hydrogen-bond donors (Lipinski definition) is 2. The van der Waals surface area contributed by atoms with E-state index >= 15 is 0 Å². The number of allylic oxidation sites excluding steroid dienone is 2. The van der Waals surface area contributed by atoms with E-state index in [0.29, 0.717) is 5.56 Å². The SMILES string of the molecule is CC1C(C(=O)O)=CC=CC1(C(=O)O)c1ccc(Cl)nc1. The maximum absolute atomic E-state index is 11.8. The van der Waals surface area contributed by atoms with Crippen LogP contribution < -0.4 is 0 Å². The van der Waals surface area contributed by atoms with Crippen LogP contribution in [0.1, 0.15) is 12.5 Å². The maximum Gasteiger partial charge on any atom is 0.331 e. The van der Waals surface area contributed by atoms with Crippen molar-refractivity contribution in [2.75, 3.05) is 0 Å². The molecule has 1 aliphatic rings. The largest absolute Gasteiger partial charge is 0.480 e. The zero-order valence-electron chi connectivity index (χ0n) is 10.6. The van der Waals surface area contributed by atoms with Crippen LogP contribution in [-0.4, -0.2) is 27.1 Å². The molecule has 0 saturated heterocycles. The van der Waals surface area contributed by atoms with Gasteiger partial charge in [-0.05, 0) is 11.6 Å². The molecule has 1 heterocycles. The molecule has 2 N–H and O–H groups in total. The second kappa shape index (κ2) is 5.09. The van der Waals surface area contributed by atoms with Crippen LogP contribution in [0.15, 0.2) is 42.1 Å². The minimum atomic E-state index is -1.46. The van der Waals surface area contributed by atoms with E-state index in [1.165, 1.54) is 30.5 Å². The Bertz CT molecular complexity index is 621. The van der Waals surface area contributed by atoms with Gasteiger partial charge in [0.25, 0.3) is 0 Å². The van der Waals surface area contributed by atoms with Crippen molar-refractivity contribution in [3.63, 3.8) is 0 Å². The van der Waals surface area contributed by atoms with E-state index in [1.54, 1.807) is 13.0 Å². The first-order valence-electron chi connectivity index (χ1n) is 5.87. The first-order valence-corrected chi connectivity index (χ1v) is 6.25. The van der Waals surface area contributed by atoms with Crippen LogP contribution in [0, 0.1) is 5.92 Å². The zero-order chi connectivity index (χ0) is 14.9. The second-order valence-corrected chi connectivity index (χ2v) is 4.94. The normalized spacial score (nSPS) is 25.1. The molecule has 0 radical (unpaired) electrons. The first kappa shape index (κ1) is 14.3. The lowest BCUT2D eigenvalue weighted by molar-refractivity contribution is -0.143. The van der Waals surface area contributed by atoms with E-state index in [9.17, 15) is 19.8 Å². The van der Waals surface area contributed by atoms with Gasteiger partial charge in [-0.1, -0.05) is 42.8 Å². The lowest BCUT2D eigenvalue weighted by Crippen LogP contribution is -2.43. The molecule has 0 fully saturated rings. The maximum atomic E-state index is 11.8. The molecule has 0 amide bonds. The fourth-order valence-electron chi connectivity index (χ4n) is 2.44. The van der Waals surface area contributed by atoms with Gasteiger partial charge in [-0.3, -0.25) is 4.79 Å². The van der Waals surface area contributed by atoms with Crippen molar-refractivity contribution in [3.8, 4) is 0 Å². The molecule has 104 valence electrons. The molecular weight excluding hydrogens is 282 g/mol. The summed E-state index contributed by atoms with van der Waals surface area (Å²) in [5.41, 5.74) is -1.02. The van der Waals surface area contributed by atoms with Crippen molar-refractivity contribution >= 4 is 23.5 Å². The summed E-state index contributed by atoms with van der Waals surface area (Å²) in [4.78, 5) is 26.9. The minimum Gasteiger partial charge on any atom is -0.480 e. The predicted octanol–water partition coefficient (Wildman–Crippen LogP) is 2.27. The number of carboxylic acids is 2. The van der Waals surface area contributed by atoms with Crippen LogP contribution in [0.4, 0.5) is 0 Å². The van der Waals surface area contributed by atoms with Crippen molar-refractivity contribution in [1.82, 2.24) is 4.98 Å². The van der Waals surface area contributed by atoms with Gasteiger partial charge in [-0.2, -0.15) is 0 Å². The standard InChI is InChI=1S/C14H12ClNO4/c1-8-10(12(17)18)3-2-6-14(8,13(19)20)9-4-5-11(15)16-7-9/h2-8H,1H3,(H,17,18)(H,19,20). The van der Waals surface area contributed by atoms with Gasteiger partial charge in [0, 0.05) is 17.7 Å². The summed E-state index contributed by atoms with van der Waals surface area (Å²) in [6.45, 7) is 1.58. The molecule has 1 aromatic rings. The summed E-state index contributed by atoms with van der Waals surface area (Å²) in [7, 11) is 0. The van der Waals surface area contributed by atoms with Gasteiger partial charge in [0.05, 0.1) is 0 Å². The zero-order valence-corrected chi connectivity index (χ0v) is 11.3. The molecule has 5 nitrogen and oxygen atoms in total. The Morgan fingerprint density at radius 1 is 1.35 bits per heavy atom. The van der Waals surface area contributed by atoms with Crippen LogP contribution >= 0.6 is 11.6 Å². The van der Waals surface area contributed by atoms with Gasteiger partial charge in [0.1, 0.15) is 10.6 Å². The van der Waals surface area contributed by atoms with E-state index < -0.39 is 23.3 Å². The van der Waals surface area contributed by atoms with Gasteiger partial charge in [0.2, 0.25) is 0 Å². The Morgan fingerprint density at radius 2 is 2.05 bits per heavy atom. The van der Waals surface area contributed by atoms with Crippen molar-refractivity contribution in [3.05, 3.63) is 52.8 Å². The highest BCUT2D eigenvalue weighted by Crippen LogP contribution is 2.41. The van der Waals surface area contributed by atoms with Crippen LogP contribution in [0.2, 0.25) is 5.15 Å². The number of carbonyl (C=O) groups is 2. The van der Waals surface area contributed by atoms with E-state index in [0.717, 1.165) is 0 Å². The van der Waals surface area contributed by atoms with Gasteiger partial charge in [-0.15, -0.1) is 0 Å². The number of rotatable bonds is 3. The number of hydrogen-bond acceptors (Lipinski definition) is 3. The molecule has 0 aromatic carbocycles. The molecule has 0 bridgehead atoms. The quantitative estimate of drug-likeness (QED) is 0.835. The molecule has 2 rings (SSSR count). The van der Waals surface area contributed by atoms with Crippen molar-refractivity contribution < 1.29 is 19.8 Å². The predicted molar refractivity (Wildman–Crippen MR) is 72.6 cm³/mol. The van der Waals surface area contributed by atoms with E-state index in [4.69, 9.17) is 11.6 Å². The van der Waals surface area contributed by atoms with Crippen LogP contribution in [0.5, 0.6) is 0 Å². The monoisotopic (exact) mass is 293 g/mol. The lowest BCUT2D eigenvalue weighted by Gasteiger charge is -2.35. The molecule has 2 atom stereocenters. The van der Waals surface area contributed by atoms with Crippen LogP contribution in [0.25, 0.3) is 0 Å². The van der Waals surface area contributed by atoms with Gasteiger partial charge in [0.15, 0.2) is 0 Å². The molecule has 0 aliphatic heterocycles. The highest BCUT2D eigenvalue weighted by molar-refractivity contribution is 6.29. The smallest absolute Gasteiger partial charge is 0.331 e. The minimum absolute atomic E-state index is 0.0462. The van der Waals surface area contributed by atoms with Gasteiger partial charge < -0.3 is 10.2 Å². The third-order valence-electron chi connectivity index (χ3n) is 3.59. The van der Waals surface area contributed by atoms with Gasteiger partial charge in [-0.25, -0.2) is 9.78 Å². The summed E-state index contributed by atoms with van der Waals surface area (Å²) in [5.74, 6) is -2.99. The van der Waals surface area contributed by atoms with Gasteiger partial charge >= 0.3 is 11.9 Å². The fraction of sp³-hybridized carbons (Fsp3) is 0.214. The summed E-state index contributed by atoms with van der Waals surface area (Å²) < 4.78 is 0. The first-order chi connectivity index (χ1) is 9.39. The third kappa shape index (κ3) is 2.10. The summed E-state index contributed by atoms with van der Waals surface area (Å²) >= 11 is 5.71. The number of nitrogens with zero attached hydrogens (tertiary/aromatic N) is 1.